The molecule has 0 saturated carbocycles. The number of benzene rings is 2. The third-order valence-corrected chi connectivity index (χ3v) is 3.42. The molecule has 0 aliphatic heterocycles. The van der Waals surface area contributed by atoms with Crippen molar-refractivity contribution in [1.29, 1.82) is 0 Å². The van der Waals surface area contributed by atoms with Crippen LogP contribution in [0.15, 0.2) is 60.9 Å². The van der Waals surface area contributed by atoms with Crippen LogP contribution >= 0.6 is 11.6 Å². The fraction of sp³-hybridized carbons (Fsp3) is 0.0625. The number of halogens is 2. The normalized spacial score (nSPS) is 10.6. The summed E-state index contributed by atoms with van der Waals surface area (Å²) in [6.45, 7) is 0.537. The minimum atomic E-state index is -0.398. The third-order valence-electron chi connectivity index (χ3n) is 3.12. The van der Waals surface area contributed by atoms with Crippen LogP contribution in [0.5, 0.6) is 0 Å². The molecule has 2 aromatic carbocycles. The van der Waals surface area contributed by atoms with E-state index < -0.39 is 5.82 Å². The second-order valence-electron chi connectivity index (χ2n) is 4.60. The van der Waals surface area contributed by atoms with Gasteiger partial charge in [0.05, 0.1) is 10.7 Å². The summed E-state index contributed by atoms with van der Waals surface area (Å²) < 4.78 is 15.1. The molecule has 1 N–H and O–H groups in total. The van der Waals surface area contributed by atoms with Gasteiger partial charge in [0.2, 0.25) is 0 Å². The van der Waals surface area contributed by atoms with Gasteiger partial charge in [-0.1, -0.05) is 17.7 Å². The number of nitrogens with one attached hydrogen (secondary N) is 1. The summed E-state index contributed by atoms with van der Waals surface area (Å²) in [5.41, 5.74) is 2.79. The van der Waals surface area contributed by atoms with E-state index in [4.69, 9.17) is 11.6 Å². The average Bonchev–Trinajstić information content (AvgIpc) is 3.03. The van der Waals surface area contributed by atoms with Crippen molar-refractivity contribution in [2.75, 3.05) is 5.32 Å². The largest absolute Gasteiger partial charge is 0.381 e. The van der Waals surface area contributed by atoms with E-state index in [1.54, 1.807) is 23.0 Å². The lowest BCUT2D eigenvalue weighted by atomic mass is 10.2. The third kappa shape index (κ3) is 3.23. The summed E-state index contributed by atoms with van der Waals surface area (Å²) in [6.07, 6.45) is 3.63. The van der Waals surface area contributed by atoms with E-state index in [2.05, 4.69) is 10.4 Å². The first kappa shape index (κ1) is 13.6. The lowest BCUT2D eigenvalue weighted by molar-refractivity contribution is 0.626. The van der Waals surface area contributed by atoms with Gasteiger partial charge in [0, 0.05) is 24.6 Å². The Bertz CT molecular complexity index is 724. The van der Waals surface area contributed by atoms with Gasteiger partial charge in [-0.15, -0.1) is 0 Å². The molecule has 1 heterocycles. The Labute approximate surface area is 127 Å². The lowest BCUT2D eigenvalue weighted by Crippen LogP contribution is -2.00. The Balaban J connectivity index is 1.66. The van der Waals surface area contributed by atoms with E-state index in [0.717, 1.165) is 16.9 Å². The van der Waals surface area contributed by atoms with E-state index >= 15 is 0 Å². The highest BCUT2D eigenvalue weighted by Gasteiger charge is 2.01. The smallest absolute Gasteiger partial charge is 0.142 e. The SMILES string of the molecule is Fc1cc(CNc2ccc(-n3cccn3)cc2)ccc1Cl. The Kier molecular flexibility index (Phi) is 3.88. The van der Waals surface area contributed by atoms with Crippen molar-refractivity contribution >= 4 is 17.3 Å². The van der Waals surface area contributed by atoms with E-state index in [-0.39, 0.29) is 5.02 Å². The van der Waals surface area contributed by atoms with E-state index in [1.807, 2.05) is 36.5 Å². The van der Waals surface area contributed by atoms with Crippen molar-refractivity contribution in [2.45, 2.75) is 6.54 Å². The molecule has 0 spiro atoms. The standard InChI is InChI=1S/C16H13ClFN3/c17-15-7-2-12(10-16(15)18)11-19-13-3-5-14(6-4-13)21-9-1-8-20-21/h1-10,19H,11H2. The van der Waals surface area contributed by atoms with Crippen LogP contribution in [0.3, 0.4) is 0 Å². The molecule has 21 heavy (non-hydrogen) atoms. The average molecular weight is 302 g/mol. The van der Waals surface area contributed by atoms with Crippen molar-refractivity contribution in [3.05, 3.63) is 77.3 Å². The predicted octanol–water partition coefficient (Wildman–Crippen LogP) is 4.28. The molecule has 0 unspecified atom stereocenters. The fourth-order valence-corrected chi connectivity index (χ4v) is 2.12. The maximum Gasteiger partial charge on any atom is 0.142 e. The van der Waals surface area contributed by atoms with E-state index in [9.17, 15) is 4.39 Å². The van der Waals surface area contributed by atoms with Crippen LogP contribution in [0.25, 0.3) is 5.69 Å². The van der Waals surface area contributed by atoms with Crippen LogP contribution < -0.4 is 5.32 Å². The van der Waals surface area contributed by atoms with Crippen LogP contribution in [0.2, 0.25) is 5.02 Å². The van der Waals surface area contributed by atoms with Crippen molar-refractivity contribution in [3.63, 3.8) is 0 Å². The van der Waals surface area contributed by atoms with Gasteiger partial charge < -0.3 is 5.32 Å². The maximum atomic E-state index is 13.3. The van der Waals surface area contributed by atoms with Crippen LogP contribution in [-0.4, -0.2) is 9.78 Å². The van der Waals surface area contributed by atoms with Crippen molar-refractivity contribution in [3.8, 4) is 5.69 Å². The highest BCUT2D eigenvalue weighted by Crippen LogP contribution is 2.17. The minimum absolute atomic E-state index is 0.141. The summed E-state index contributed by atoms with van der Waals surface area (Å²) in [5.74, 6) is -0.398. The molecule has 3 rings (SSSR count). The Morgan fingerprint density at radius 3 is 2.62 bits per heavy atom. The van der Waals surface area contributed by atoms with Crippen LogP contribution in [0.4, 0.5) is 10.1 Å². The summed E-state index contributed by atoms with van der Waals surface area (Å²) in [5, 5.41) is 7.55. The van der Waals surface area contributed by atoms with Gasteiger partial charge in [0.25, 0.3) is 0 Å². The van der Waals surface area contributed by atoms with Gasteiger partial charge in [-0.2, -0.15) is 5.10 Å². The van der Waals surface area contributed by atoms with Gasteiger partial charge >= 0.3 is 0 Å². The Hall–Kier alpha value is -2.33. The highest BCUT2D eigenvalue weighted by atomic mass is 35.5. The zero-order valence-electron chi connectivity index (χ0n) is 11.1. The number of nitrogens with zero attached hydrogens (tertiary/aromatic N) is 2. The topological polar surface area (TPSA) is 29.9 Å². The zero-order chi connectivity index (χ0) is 14.7. The van der Waals surface area contributed by atoms with Gasteiger partial charge in [0.15, 0.2) is 0 Å². The minimum Gasteiger partial charge on any atom is -0.381 e. The van der Waals surface area contributed by atoms with Gasteiger partial charge in [-0.25, -0.2) is 9.07 Å². The molecule has 0 saturated heterocycles. The van der Waals surface area contributed by atoms with Crippen molar-refractivity contribution in [1.82, 2.24) is 9.78 Å². The first-order chi connectivity index (χ1) is 10.2. The molecule has 0 radical (unpaired) electrons. The van der Waals surface area contributed by atoms with Gasteiger partial charge in [0.1, 0.15) is 5.82 Å². The molecule has 106 valence electrons. The van der Waals surface area contributed by atoms with Crippen LogP contribution in [0, 0.1) is 5.82 Å². The van der Waals surface area contributed by atoms with Gasteiger partial charge in [-0.3, -0.25) is 0 Å². The van der Waals surface area contributed by atoms with Crippen LogP contribution in [0.1, 0.15) is 5.56 Å². The summed E-state index contributed by atoms with van der Waals surface area (Å²) in [4.78, 5) is 0. The molecule has 5 heteroatoms. The zero-order valence-corrected chi connectivity index (χ0v) is 11.9. The molecule has 3 aromatic rings. The molecule has 0 aliphatic rings. The molecule has 0 fully saturated rings. The summed E-state index contributed by atoms with van der Waals surface area (Å²) in [7, 11) is 0. The molecule has 0 atom stereocenters. The monoisotopic (exact) mass is 301 g/mol. The molecule has 3 nitrogen and oxygen atoms in total. The lowest BCUT2D eigenvalue weighted by Gasteiger charge is -2.08. The number of rotatable bonds is 4. The predicted molar refractivity (Wildman–Crippen MR) is 82.3 cm³/mol. The number of hydrogen-bond donors (Lipinski definition) is 1. The number of hydrogen-bond acceptors (Lipinski definition) is 2. The molecule has 1 aromatic heterocycles. The molecule has 0 bridgehead atoms. The number of anilines is 1. The summed E-state index contributed by atoms with van der Waals surface area (Å²) >= 11 is 5.66. The quantitative estimate of drug-likeness (QED) is 0.779. The molecule has 0 amide bonds. The second-order valence-corrected chi connectivity index (χ2v) is 5.01. The van der Waals surface area contributed by atoms with Crippen LogP contribution in [-0.2, 0) is 6.54 Å². The highest BCUT2D eigenvalue weighted by molar-refractivity contribution is 6.30. The Morgan fingerprint density at radius 1 is 1.14 bits per heavy atom. The molecular formula is C16H13ClFN3. The van der Waals surface area contributed by atoms with Gasteiger partial charge in [-0.05, 0) is 48.0 Å². The van der Waals surface area contributed by atoms with Crippen molar-refractivity contribution in [2.24, 2.45) is 0 Å². The second kappa shape index (κ2) is 5.97. The van der Waals surface area contributed by atoms with Crippen molar-refractivity contribution < 1.29 is 4.39 Å². The molecule has 0 aliphatic carbocycles. The first-order valence-corrected chi connectivity index (χ1v) is 6.88. The maximum absolute atomic E-state index is 13.3. The molecular weight excluding hydrogens is 289 g/mol. The Morgan fingerprint density at radius 2 is 1.95 bits per heavy atom. The first-order valence-electron chi connectivity index (χ1n) is 6.50. The number of aromatic nitrogens is 2. The van der Waals surface area contributed by atoms with E-state index in [1.165, 1.54) is 6.07 Å². The van der Waals surface area contributed by atoms with E-state index in [0.29, 0.717) is 6.54 Å². The fourth-order valence-electron chi connectivity index (χ4n) is 2.01. The summed E-state index contributed by atoms with van der Waals surface area (Å²) in [6, 6.07) is 14.5.